The zero-order chi connectivity index (χ0) is 22.4. The van der Waals surface area contributed by atoms with Crippen LogP contribution in [0.25, 0.3) is 0 Å². The number of nitrogens with zero attached hydrogens (tertiary/aromatic N) is 4. The van der Waals surface area contributed by atoms with Crippen LogP contribution in [0.5, 0.6) is 0 Å². The Morgan fingerprint density at radius 3 is 2.39 bits per heavy atom. The van der Waals surface area contributed by atoms with Gasteiger partial charge < -0.3 is 20.0 Å². The predicted molar refractivity (Wildman–Crippen MR) is 125 cm³/mol. The molecule has 7 nitrogen and oxygen atoms in total. The van der Waals surface area contributed by atoms with E-state index in [0.717, 1.165) is 52.0 Å². The van der Waals surface area contributed by atoms with Gasteiger partial charge >= 0.3 is 6.03 Å². The van der Waals surface area contributed by atoms with Crippen molar-refractivity contribution >= 4 is 17.6 Å². The Morgan fingerprint density at radius 1 is 1.10 bits per heavy atom. The number of carbonyl (C=O) groups excluding carboxylic acids is 2. The molecule has 3 rings (SSSR count). The fraction of sp³-hybridized carbons (Fsp3) is 0.667. The van der Waals surface area contributed by atoms with Crippen molar-refractivity contribution in [2.45, 2.75) is 39.2 Å². The van der Waals surface area contributed by atoms with Crippen molar-refractivity contribution in [3.05, 3.63) is 29.8 Å². The number of nitrogens with one attached hydrogen (secondary N) is 1. The summed E-state index contributed by atoms with van der Waals surface area (Å²) in [6.07, 6.45) is 2.46. The molecule has 0 spiro atoms. The number of rotatable bonds is 6. The maximum atomic E-state index is 12.7. The number of piperazine rings is 1. The van der Waals surface area contributed by atoms with Gasteiger partial charge in [-0.05, 0) is 50.8 Å². The largest absolute Gasteiger partial charge is 0.369 e. The van der Waals surface area contributed by atoms with Gasteiger partial charge in [0.25, 0.3) is 0 Å². The van der Waals surface area contributed by atoms with Gasteiger partial charge in [0.15, 0.2) is 0 Å². The van der Waals surface area contributed by atoms with E-state index in [1.165, 1.54) is 11.3 Å². The number of benzene rings is 1. The topological polar surface area (TPSA) is 59.1 Å². The van der Waals surface area contributed by atoms with Gasteiger partial charge in [-0.2, -0.15) is 0 Å². The average Bonchev–Trinajstić information content (AvgIpc) is 2.77. The maximum absolute atomic E-state index is 12.7. The van der Waals surface area contributed by atoms with Gasteiger partial charge in [0.1, 0.15) is 0 Å². The van der Waals surface area contributed by atoms with E-state index in [-0.39, 0.29) is 23.9 Å². The Hall–Kier alpha value is -2.28. The molecular formula is C24H39N5O2. The van der Waals surface area contributed by atoms with Crippen LogP contribution in [0, 0.1) is 12.8 Å². The molecule has 0 unspecified atom stereocenters. The van der Waals surface area contributed by atoms with E-state index in [0.29, 0.717) is 13.1 Å². The van der Waals surface area contributed by atoms with Crippen LogP contribution in [-0.2, 0) is 4.79 Å². The van der Waals surface area contributed by atoms with E-state index < -0.39 is 0 Å². The molecule has 7 heteroatoms. The lowest BCUT2D eigenvalue weighted by molar-refractivity contribution is -0.126. The Kier molecular flexibility index (Phi) is 8.18. The minimum atomic E-state index is 0.0199. The zero-order valence-corrected chi connectivity index (χ0v) is 19.6. The molecule has 31 heavy (non-hydrogen) atoms. The van der Waals surface area contributed by atoms with Gasteiger partial charge in [0, 0.05) is 77.6 Å². The average molecular weight is 430 g/mol. The van der Waals surface area contributed by atoms with Gasteiger partial charge in [-0.3, -0.25) is 9.69 Å². The molecular weight excluding hydrogens is 390 g/mol. The second-order valence-electron chi connectivity index (χ2n) is 9.30. The van der Waals surface area contributed by atoms with E-state index >= 15 is 0 Å². The quantitative estimate of drug-likeness (QED) is 0.755. The summed E-state index contributed by atoms with van der Waals surface area (Å²) >= 11 is 0. The number of hydrogen-bond acceptors (Lipinski definition) is 4. The summed E-state index contributed by atoms with van der Waals surface area (Å²) < 4.78 is 0. The molecule has 0 bridgehead atoms. The molecule has 2 fully saturated rings. The monoisotopic (exact) mass is 429 g/mol. The van der Waals surface area contributed by atoms with Crippen LogP contribution in [0.1, 0.15) is 31.7 Å². The van der Waals surface area contributed by atoms with Crippen molar-refractivity contribution in [3.8, 4) is 0 Å². The lowest BCUT2D eigenvalue weighted by atomic mass is 9.95. The van der Waals surface area contributed by atoms with Gasteiger partial charge in [0.2, 0.25) is 5.91 Å². The summed E-state index contributed by atoms with van der Waals surface area (Å²) in [4.78, 5) is 33.1. The molecule has 1 atom stereocenters. The maximum Gasteiger partial charge on any atom is 0.319 e. The summed E-state index contributed by atoms with van der Waals surface area (Å²) in [7, 11) is 3.54. The number of likely N-dealkylation sites (tertiary alicyclic amines) is 1. The number of urea groups is 1. The number of piperidine rings is 1. The van der Waals surface area contributed by atoms with E-state index in [9.17, 15) is 9.59 Å². The SMILES string of the molecule is Cc1cccc(N2CCN(CC[C@H](C)NC(=O)C3CCN(C(=O)N(C)C)CC3)CC2)c1. The third kappa shape index (κ3) is 6.60. The number of carbonyl (C=O) groups is 2. The Labute approximate surface area is 187 Å². The smallest absolute Gasteiger partial charge is 0.319 e. The zero-order valence-electron chi connectivity index (χ0n) is 19.6. The standard InChI is InChI=1S/C24H39N5O2/c1-19-6-5-7-22(18-19)28-16-14-27(15-17-28)11-8-20(2)25-23(30)21-9-12-29(13-10-21)24(31)26(3)4/h5-7,18,20-21H,8-17H2,1-4H3,(H,25,30)/t20-/m0/s1. The van der Waals surface area contributed by atoms with Gasteiger partial charge in [-0.25, -0.2) is 4.79 Å². The highest BCUT2D eigenvalue weighted by Gasteiger charge is 2.28. The number of hydrogen-bond donors (Lipinski definition) is 1. The van der Waals surface area contributed by atoms with Gasteiger partial charge in [0.05, 0.1) is 0 Å². The van der Waals surface area contributed by atoms with E-state index in [1.807, 2.05) is 4.90 Å². The summed E-state index contributed by atoms with van der Waals surface area (Å²) in [5.74, 6) is 0.167. The van der Waals surface area contributed by atoms with Crippen molar-refractivity contribution in [2.24, 2.45) is 5.92 Å². The molecule has 1 N–H and O–H groups in total. The third-order valence-corrected chi connectivity index (χ3v) is 6.52. The second kappa shape index (κ2) is 10.8. The second-order valence-corrected chi connectivity index (χ2v) is 9.30. The van der Waals surface area contributed by atoms with Crippen LogP contribution in [0.2, 0.25) is 0 Å². The highest BCUT2D eigenvalue weighted by molar-refractivity contribution is 5.79. The first-order valence-electron chi connectivity index (χ1n) is 11.6. The van der Waals surface area contributed by atoms with Crippen LogP contribution in [0.4, 0.5) is 10.5 Å². The van der Waals surface area contributed by atoms with Crippen LogP contribution in [-0.4, -0.2) is 92.6 Å². The molecule has 0 radical (unpaired) electrons. The summed E-state index contributed by atoms with van der Waals surface area (Å²) in [5.41, 5.74) is 2.62. The van der Waals surface area contributed by atoms with Crippen molar-refractivity contribution in [1.29, 1.82) is 0 Å². The Morgan fingerprint density at radius 2 is 1.77 bits per heavy atom. The first-order valence-corrected chi connectivity index (χ1v) is 11.6. The molecule has 3 amide bonds. The number of aryl methyl sites for hydroxylation is 1. The van der Waals surface area contributed by atoms with E-state index in [4.69, 9.17) is 0 Å². The van der Waals surface area contributed by atoms with E-state index in [1.54, 1.807) is 19.0 Å². The van der Waals surface area contributed by atoms with Crippen molar-refractivity contribution < 1.29 is 9.59 Å². The van der Waals surface area contributed by atoms with Crippen LogP contribution in [0.3, 0.4) is 0 Å². The summed E-state index contributed by atoms with van der Waals surface area (Å²) in [5, 5.41) is 3.21. The number of anilines is 1. The minimum absolute atomic E-state index is 0.0199. The first-order chi connectivity index (χ1) is 14.8. The van der Waals surface area contributed by atoms with Crippen molar-refractivity contribution in [1.82, 2.24) is 20.0 Å². The predicted octanol–water partition coefficient (Wildman–Crippen LogP) is 2.41. The molecule has 2 heterocycles. The molecule has 172 valence electrons. The van der Waals surface area contributed by atoms with E-state index in [2.05, 4.69) is 53.2 Å². The highest BCUT2D eigenvalue weighted by atomic mass is 16.2. The fourth-order valence-electron chi connectivity index (χ4n) is 4.48. The van der Waals surface area contributed by atoms with Gasteiger partial charge in [-0.15, -0.1) is 0 Å². The number of amides is 3. The highest BCUT2D eigenvalue weighted by Crippen LogP contribution is 2.19. The lowest BCUT2D eigenvalue weighted by Crippen LogP contribution is -2.49. The molecule has 1 aromatic carbocycles. The van der Waals surface area contributed by atoms with Gasteiger partial charge in [-0.1, -0.05) is 12.1 Å². The van der Waals surface area contributed by atoms with Crippen molar-refractivity contribution in [2.75, 3.05) is 64.8 Å². The first kappa shape index (κ1) is 23.4. The third-order valence-electron chi connectivity index (χ3n) is 6.52. The normalized spacial score (nSPS) is 19.2. The molecule has 0 saturated carbocycles. The fourth-order valence-corrected chi connectivity index (χ4v) is 4.48. The molecule has 2 aliphatic heterocycles. The lowest BCUT2D eigenvalue weighted by Gasteiger charge is -2.37. The Balaban J connectivity index is 1.34. The van der Waals surface area contributed by atoms with Crippen LogP contribution >= 0.6 is 0 Å². The van der Waals surface area contributed by atoms with Crippen molar-refractivity contribution in [3.63, 3.8) is 0 Å². The van der Waals surface area contributed by atoms with Crippen LogP contribution in [0.15, 0.2) is 24.3 Å². The molecule has 0 aromatic heterocycles. The minimum Gasteiger partial charge on any atom is -0.369 e. The molecule has 2 saturated heterocycles. The molecule has 0 aliphatic carbocycles. The Bertz CT molecular complexity index is 737. The van der Waals surface area contributed by atoms with Crippen LogP contribution < -0.4 is 10.2 Å². The molecule has 2 aliphatic rings. The summed E-state index contributed by atoms with van der Waals surface area (Å²) in [6, 6.07) is 8.93. The summed E-state index contributed by atoms with van der Waals surface area (Å²) in [6.45, 7) is 10.8. The molecule has 1 aromatic rings.